The number of hydrogen-bond donors (Lipinski definition) is 0. The van der Waals surface area contributed by atoms with Crippen molar-refractivity contribution in [1.29, 1.82) is 0 Å². The molecule has 0 aromatic rings. The van der Waals surface area contributed by atoms with Crippen molar-refractivity contribution in [2.45, 2.75) is 63.7 Å². The number of halogens is 2. The summed E-state index contributed by atoms with van der Waals surface area (Å²) >= 11 is 9.25. The van der Waals surface area contributed by atoms with Crippen LogP contribution in [0.1, 0.15) is 58.8 Å². The van der Waals surface area contributed by atoms with E-state index in [0.29, 0.717) is 0 Å². The molecule has 0 fully saturated rings. The van der Waals surface area contributed by atoms with Gasteiger partial charge in [-0.05, 0) is 28.8 Å². The number of rotatable bonds is 8. The molecule has 0 aliphatic heterocycles. The molecule has 1 nitrogen and oxygen atoms in total. The second-order valence-corrected chi connectivity index (χ2v) is 5.24. The zero-order chi connectivity index (χ0) is 11.0. The van der Waals surface area contributed by atoms with Crippen molar-refractivity contribution < 1.29 is 4.79 Å². The summed E-state index contributed by atoms with van der Waals surface area (Å²) in [4.78, 5) is 10.7. The lowest BCUT2D eigenvalue weighted by Gasteiger charge is -2.22. The summed E-state index contributed by atoms with van der Waals surface area (Å²) < 4.78 is -0.0509. The van der Waals surface area contributed by atoms with Crippen LogP contribution in [0, 0.1) is 0 Å². The first-order valence-corrected chi connectivity index (χ1v) is 6.62. The summed E-state index contributed by atoms with van der Waals surface area (Å²) in [6.45, 7) is 4.23. The van der Waals surface area contributed by atoms with E-state index in [-0.39, 0.29) is 4.69 Å². The van der Waals surface area contributed by atoms with Gasteiger partial charge in [0.2, 0.25) is 4.69 Å². The van der Waals surface area contributed by atoms with Crippen LogP contribution in [0.2, 0.25) is 0 Å². The van der Waals surface area contributed by atoms with Gasteiger partial charge in [-0.25, -0.2) is 0 Å². The molecule has 0 amide bonds. The van der Waals surface area contributed by atoms with Crippen LogP contribution in [0.25, 0.3) is 0 Å². The van der Waals surface area contributed by atoms with Crippen molar-refractivity contribution in [2.24, 2.45) is 0 Å². The Morgan fingerprint density at radius 2 is 1.79 bits per heavy atom. The third kappa shape index (κ3) is 5.35. The summed E-state index contributed by atoms with van der Waals surface area (Å²) in [6, 6.07) is 0. The Hall–Kier alpha value is 0.440. The molecule has 0 bridgehead atoms. The van der Waals surface area contributed by atoms with E-state index in [0.717, 1.165) is 25.7 Å². The first kappa shape index (κ1) is 14.4. The second kappa shape index (κ2) is 7.70. The van der Waals surface area contributed by atoms with E-state index < -0.39 is 4.87 Å². The molecule has 0 saturated heterocycles. The Bertz CT molecular complexity index is 173. The van der Waals surface area contributed by atoms with E-state index in [9.17, 15) is 4.79 Å². The molecule has 0 N–H and O–H groups in total. The number of carbonyl (C=O) groups excluding carboxylic acids is 1. The van der Waals surface area contributed by atoms with E-state index in [1.54, 1.807) is 0 Å². The van der Waals surface area contributed by atoms with Crippen LogP contribution in [0.4, 0.5) is 0 Å². The molecule has 0 spiro atoms. The van der Waals surface area contributed by atoms with E-state index in [4.69, 9.17) is 11.6 Å². The minimum Gasteiger partial charge on any atom is -0.285 e. The molecule has 0 radical (unpaired) electrons. The van der Waals surface area contributed by atoms with Crippen molar-refractivity contribution >= 4 is 32.2 Å². The quantitative estimate of drug-likeness (QED) is 0.360. The van der Waals surface area contributed by atoms with E-state index in [2.05, 4.69) is 29.8 Å². The fourth-order valence-corrected chi connectivity index (χ4v) is 2.27. The van der Waals surface area contributed by atoms with Crippen LogP contribution in [0.15, 0.2) is 0 Å². The zero-order valence-electron chi connectivity index (χ0n) is 9.11. The highest BCUT2D eigenvalue weighted by molar-refractivity contribution is 9.18. The predicted octanol–water partition coefficient (Wildman–Crippen LogP) is 4.66. The van der Waals surface area contributed by atoms with Crippen LogP contribution < -0.4 is 0 Å². The first-order valence-electron chi connectivity index (χ1n) is 5.45. The Kier molecular flexibility index (Phi) is 7.94. The van der Waals surface area contributed by atoms with E-state index in [1.165, 1.54) is 19.3 Å². The maximum Gasteiger partial charge on any atom is 0.218 e. The first-order chi connectivity index (χ1) is 6.56. The van der Waals surface area contributed by atoms with Crippen molar-refractivity contribution in [3.8, 4) is 0 Å². The number of alkyl halides is 1. The molecule has 3 heteroatoms. The third-order valence-electron chi connectivity index (χ3n) is 2.43. The van der Waals surface area contributed by atoms with Crippen LogP contribution >= 0.6 is 27.5 Å². The van der Waals surface area contributed by atoms with Gasteiger partial charge in [-0.1, -0.05) is 46.0 Å². The lowest BCUT2D eigenvalue weighted by molar-refractivity contribution is -0.113. The molecule has 0 aromatic heterocycles. The van der Waals surface area contributed by atoms with Crippen LogP contribution in [-0.2, 0) is 4.79 Å². The summed E-state index contributed by atoms with van der Waals surface area (Å²) in [5.74, 6) is 0. The highest BCUT2D eigenvalue weighted by atomic mass is 79.9. The molecule has 0 heterocycles. The number of carbonyl (C=O) groups is 1. The maximum atomic E-state index is 11.3. The number of hydrogen-bond acceptors (Lipinski definition) is 1. The Morgan fingerprint density at radius 1 is 1.14 bits per heavy atom. The highest BCUT2D eigenvalue weighted by Crippen LogP contribution is 2.31. The molecule has 0 aliphatic carbocycles. The molecule has 0 saturated carbocycles. The van der Waals surface area contributed by atoms with Gasteiger partial charge in [0.15, 0.2) is 0 Å². The monoisotopic (exact) mass is 282 g/mol. The molecule has 0 rings (SSSR count). The minimum absolute atomic E-state index is 0.0509. The predicted molar refractivity (Wildman–Crippen MR) is 66.2 cm³/mol. The Labute approximate surface area is 101 Å². The Balaban J connectivity index is 3.90. The SMILES string of the molecule is CCCCCCC(Cl)(CCC)C(=O)Br. The highest BCUT2D eigenvalue weighted by Gasteiger charge is 2.32. The molecular weight excluding hydrogens is 263 g/mol. The smallest absolute Gasteiger partial charge is 0.218 e. The van der Waals surface area contributed by atoms with Gasteiger partial charge in [0.25, 0.3) is 0 Å². The third-order valence-corrected chi connectivity index (χ3v) is 3.96. The second-order valence-electron chi connectivity index (χ2n) is 3.80. The van der Waals surface area contributed by atoms with Gasteiger partial charge in [-0.15, -0.1) is 11.6 Å². The number of unbranched alkanes of at least 4 members (excludes halogenated alkanes) is 3. The molecule has 84 valence electrons. The summed E-state index contributed by atoms with van der Waals surface area (Å²) in [6.07, 6.45) is 7.19. The summed E-state index contributed by atoms with van der Waals surface area (Å²) in [5, 5.41) is 0. The van der Waals surface area contributed by atoms with Crippen LogP contribution in [-0.4, -0.2) is 9.57 Å². The molecule has 0 aliphatic rings. The fraction of sp³-hybridized carbons (Fsp3) is 0.909. The lowest BCUT2D eigenvalue weighted by atomic mass is 9.97. The zero-order valence-corrected chi connectivity index (χ0v) is 11.5. The largest absolute Gasteiger partial charge is 0.285 e. The summed E-state index contributed by atoms with van der Waals surface area (Å²) in [7, 11) is 0. The standard InChI is InChI=1S/C11H20BrClO/c1-3-5-6-7-9-11(13,8-4-2)10(12)14/h3-9H2,1-2H3. The average molecular weight is 284 g/mol. The van der Waals surface area contributed by atoms with Gasteiger partial charge in [-0.2, -0.15) is 0 Å². The fourth-order valence-electron chi connectivity index (χ4n) is 1.55. The molecule has 14 heavy (non-hydrogen) atoms. The van der Waals surface area contributed by atoms with E-state index in [1.807, 2.05) is 0 Å². The van der Waals surface area contributed by atoms with Gasteiger partial charge < -0.3 is 0 Å². The lowest BCUT2D eigenvalue weighted by Crippen LogP contribution is -2.28. The van der Waals surface area contributed by atoms with Gasteiger partial charge in [0.1, 0.15) is 4.87 Å². The molecule has 0 aromatic carbocycles. The van der Waals surface area contributed by atoms with Crippen molar-refractivity contribution in [1.82, 2.24) is 0 Å². The van der Waals surface area contributed by atoms with Crippen molar-refractivity contribution in [3.05, 3.63) is 0 Å². The van der Waals surface area contributed by atoms with Crippen LogP contribution in [0.5, 0.6) is 0 Å². The van der Waals surface area contributed by atoms with E-state index >= 15 is 0 Å². The van der Waals surface area contributed by atoms with Crippen molar-refractivity contribution in [3.63, 3.8) is 0 Å². The Morgan fingerprint density at radius 3 is 2.21 bits per heavy atom. The maximum absolute atomic E-state index is 11.3. The van der Waals surface area contributed by atoms with Crippen molar-refractivity contribution in [2.75, 3.05) is 0 Å². The molecule has 1 unspecified atom stereocenters. The van der Waals surface area contributed by atoms with Gasteiger partial charge in [0.05, 0.1) is 0 Å². The van der Waals surface area contributed by atoms with Gasteiger partial charge in [-0.3, -0.25) is 4.79 Å². The summed E-state index contributed by atoms with van der Waals surface area (Å²) in [5.41, 5.74) is 0. The molecular formula is C11H20BrClO. The topological polar surface area (TPSA) is 17.1 Å². The van der Waals surface area contributed by atoms with Gasteiger partial charge >= 0.3 is 0 Å². The normalized spacial score (nSPS) is 15.1. The van der Waals surface area contributed by atoms with Gasteiger partial charge in [0, 0.05) is 0 Å². The van der Waals surface area contributed by atoms with Crippen LogP contribution in [0.3, 0.4) is 0 Å². The molecule has 1 atom stereocenters. The minimum atomic E-state index is -0.650. The average Bonchev–Trinajstić information content (AvgIpc) is 2.13.